The highest BCUT2D eigenvalue weighted by atomic mass is 16.3. The zero-order chi connectivity index (χ0) is 16.1. The number of hydrogen-bond acceptors (Lipinski definition) is 4. The van der Waals surface area contributed by atoms with Crippen LogP contribution in [0.3, 0.4) is 0 Å². The lowest BCUT2D eigenvalue weighted by Crippen LogP contribution is -2.26. The Bertz CT molecular complexity index is 748. The molecule has 23 heavy (non-hydrogen) atoms. The van der Waals surface area contributed by atoms with E-state index in [0.717, 1.165) is 17.7 Å². The van der Waals surface area contributed by atoms with Crippen LogP contribution in [0.1, 0.15) is 39.9 Å². The monoisotopic (exact) mass is 310 g/mol. The Hall–Kier alpha value is -2.82. The van der Waals surface area contributed by atoms with E-state index in [2.05, 4.69) is 22.4 Å². The molecule has 0 fully saturated rings. The zero-order valence-corrected chi connectivity index (χ0v) is 12.9. The molecule has 1 N–H and O–H groups in total. The highest BCUT2D eigenvalue weighted by Crippen LogP contribution is 2.27. The number of oxazole rings is 1. The predicted molar refractivity (Wildman–Crippen MR) is 85.2 cm³/mol. The van der Waals surface area contributed by atoms with E-state index in [1.807, 2.05) is 30.3 Å². The normalized spacial score (nSPS) is 12.0. The first-order chi connectivity index (χ1) is 11.3. The van der Waals surface area contributed by atoms with Crippen LogP contribution in [0.15, 0.2) is 64.0 Å². The maximum atomic E-state index is 12.1. The van der Waals surface area contributed by atoms with Gasteiger partial charge in [-0.05, 0) is 31.0 Å². The summed E-state index contributed by atoms with van der Waals surface area (Å²) >= 11 is 0. The van der Waals surface area contributed by atoms with Crippen LogP contribution in [0, 0.1) is 6.92 Å². The molecule has 3 aromatic rings. The van der Waals surface area contributed by atoms with E-state index >= 15 is 0 Å². The summed E-state index contributed by atoms with van der Waals surface area (Å²) in [6.07, 6.45) is 3.68. The summed E-state index contributed by atoms with van der Waals surface area (Å²) < 4.78 is 10.6. The van der Waals surface area contributed by atoms with Crippen LogP contribution in [-0.4, -0.2) is 17.4 Å². The van der Waals surface area contributed by atoms with Crippen molar-refractivity contribution in [2.45, 2.75) is 19.3 Å². The fourth-order valence-corrected chi connectivity index (χ4v) is 2.59. The number of carbonyl (C=O) groups is 1. The van der Waals surface area contributed by atoms with Gasteiger partial charge in [0.2, 0.25) is 0 Å². The van der Waals surface area contributed by atoms with Gasteiger partial charge in [0.15, 0.2) is 12.1 Å². The van der Waals surface area contributed by atoms with Gasteiger partial charge in [-0.1, -0.05) is 30.3 Å². The molecule has 0 spiro atoms. The zero-order valence-electron chi connectivity index (χ0n) is 12.9. The Kier molecular flexibility index (Phi) is 4.57. The Morgan fingerprint density at radius 3 is 2.65 bits per heavy atom. The second-order valence-electron chi connectivity index (χ2n) is 5.28. The second-order valence-corrected chi connectivity index (χ2v) is 5.28. The molecular formula is C18H18N2O3. The van der Waals surface area contributed by atoms with Gasteiger partial charge in [-0.15, -0.1) is 0 Å². The molecule has 1 amide bonds. The summed E-state index contributed by atoms with van der Waals surface area (Å²) in [7, 11) is 0. The number of aromatic nitrogens is 1. The van der Waals surface area contributed by atoms with Crippen LogP contribution >= 0.6 is 0 Å². The Balaban J connectivity index is 1.66. The van der Waals surface area contributed by atoms with Gasteiger partial charge in [-0.3, -0.25) is 4.79 Å². The van der Waals surface area contributed by atoms with Crippen molar-refractivity contribution in [3.8, 4) is 0 Å². The molecule has 1 aromatic carbocycles. The highest BCUT2D eigenvalue weighted by Gasteiger charge is 2.18. The van der Waals surface area contributed by atoms with Crippen molar-refractivity contribution in [3.05, 3.63) is 77.9 Å². The molecule has 1 atom stereocenters. The molecule has 0 radical (unpaired) electrons. The van der Waals surface area contributed by atoms with E-state index in [1.165, 1.54) is 6.39 Å². The molecule has 0 saturated heterocycles. The van der Waals surface area contributed by atoms with Gasteiger partial charge in [-0.2, -0.15) is 0 Å². The standard InChI is InChI=1S/C18H18N2O3/c1-13-17(20-12-23-13)18(21)19-10-9-15(16-8-5-11-22-16)14-6-3-2-4-7-14/h2-8,11-12,15H,9-10H2,1H3,(H,19,21)/t15-/m0/s1. The van der Waals surface area contributed by atoms with Crippen LogP contribution in [-0.2, 0) is 0 Å². The third kappa shape index (κ3) is 3.51. The molecule has 3 rings (SSSR count). The van der Waals surface area contributed by atoms with Crippen LogP contribution in [0.5, 0.6) is 0 Å². The van der Waals surface area contributed by atoms with E-state index < -0.39 is 0 Å². The molecule has 5 heteroatoms. The van der Waals surface area contributed by atoms with Crippen molar-refractivity contribution in [2.24, 2.45) is 0 Å². The molecule has 0 aliphatic heterocycles. The van der Waals surface area contributed by atoms with Gasteiger partial charge >= 0.3 is 0 Å². The van der Waals surface area contributed by atoms with Crippen LogP contribution < -0.4 is 5.32 Å². The first-order valence-electron chi connectivity index (χ1n) is 7.52. The maximum Gasteiger partial charge on any atom is 0.273 e. The number of furan rings is 1. The number of aryl methyl sites for hydroxylation is 1. The lowest BCUT2D eigenvalue weighted by Gasteiger charge is -2.15. The molecule has 5 nitrogen and oxygen atoms in total. The smallest absolute Gasteiger partial charge is 0.273 e. The first-order valence-corrected chi connectivity index (χ1v) is 7.52. The summed E-state index contributed by atoms with van der Waals surface area (Å²) in [6.45, 7) is 2.24. The highest BCUT2D eigenvalue weighted by molar-refractivity contribution is 5.92. The van der Waals surface area contributed by atoms with Gasteiger partial charge in [0, 0.05) is 12.5 Å². The number of amides is 1. The summed E-state index contributed by atoms with van der Waals surface area (Å²) in [5.74, 6) is 1.30. The van der Waals surface area contributed by atoms with Crippen molar-refractivity contribution < 1.29 is 13.6 Å². The van der Waals surface area contributed by atoms with E-state index in [4.69, 9.17) is 8.83 Å². The summed E-state index contributed by atoms with van der Waals surface area (Å²) in [4.78, 5) is 16.0. The minimum absolute atomic E-state index is 0.102. The topological polar surface area (TPSA) is 68.3 Å². The van der Waals surface area contributed by atoms with Gasteiger partial charge in [0.05, 0.1) is 6.26 Å². The van der Waals surface area contributed by atoms with E-state index in [9.17, 15) is 4.79 Å². The molecule has 2 heterocycles. The molecule has 118 valence electrons. The number of hydrogen-bond donors (Lipinski definition) is 1. The Morgan fingerprint density at radius 2 is 2.00 bits per heavy atom. The van der Waals surface area contributed by atoms with E-state index in [0.29, 0.717) is 18.0 Å². The van der Waals surface area contributed by atoms with Crippen molar-refractivity contribution in [2.75, 3.05) is 6.54 Å². The van der Waals surface area contributed by atoms with Gasteiger partial charge in [-0.25, -0.2) is 4.98 Å². The fourth-order valence-electron chi connectivity index (χ4n) is 2.59. The number of benzene rings is 1. The van der Waals surface area contributed by atoms with Crippen LogP contribution in [0.2, 0.25) is 0 Å². The van der Waals surface area contributed by atoms with Gasteiger partial charge in [0.1, 0.15) is 11.5 Å². The lowest BCUT2D eigenvalue weighted by molar-refractivity contribution is 0.0946. The second kappa shape index (κ2) is 6.96. The van der Waals surface area contributed by atoms with Crippen molar-refractivity contribution in [3.63, 3.8) is 0 Å². The Labute approximate surface area is 134 Å². The number of nitrogens with zero attached hydrogens (tertiary/aromatic N) is 1. The van der Waals surface area contributed by atoms with E-state index in [-0.39, 0.29) is 11.8 Å². The minimum Gasteiger partial charge on any atom is -0.469 e. The number of carbonyl (C=O) groups excluding carboxylic acids is 1. The third-order valence-electron chi connectivity index (χ3n) is 3.77. The van der Waals surface area contributed by atoms with Crippen molar-refractivity contribution >= 4 is 5.91 Å². The molecular weight excluding hydrogens is 292 g/mol. The molecule has 2 aromatic heterocycles. The SMILES string of the molecule is Cc1ocnc1C(=O)NCC[C@@H](c1ccccc1)c1ccco1. The molecule has 0 bridgehead atoms. The maximum absolute atomic E-state index is 12.1. The average Bonchev–Trinajstić information content (AvgIpc) is 3.24. The van der Waals surface area contributed by atoms with Crippen LogP contribution in [0.4, 0.5) is 0 Å². The molecule has 0 saturated carbocycles. The van der Waals surface area contributed by atoms with Gasteiger partial charge < -0.3 is 14.2 Å². The third-order valence-corrected chi connectivity index (χ3v) is 3.77. The summed E-state index contributed by atoms with van der Waals surface area (Å²) in [5, 5.41) is 2.88. The molecule has 0 aliphatic carbocycles. The quantitative estimate of drug-likeness (QED) is 0.756. The van der Waals surface area contributed by atoms with Crippen LogP contribution in [0.25, 0.3) is 0 Å². The van der Waals surface area contributed by atoms with Crippen molar-refractivity contribution in [1.29, 1.82) is 0 Å². The summed E-state index contributed by atoms with van der Waals surface area (Å²) in [6, 6.07) is 14.0. The Morgan fingerprint density at radius 1 is 1.17 bits per heavy atom. The fraction of sp³-hybridized carbons (Fsp3) is 0.222. The first kappa shape index (κ1) is 15.1. The largest absolute Gasteiger partial charge is 0.469 e. The number of nitrogens with one attached hydrogen (secondary N) is 1. The summed E-state index contributed by atoms with van der Waals surface area (Å²) in [5.41, 5.74) is 1.49. The lowest BCUT2D eigenvalue weighted by atomic mass is 9.93. The van der Waals surface area contributed by atoms with Crippen molar-refractivity contribution in [1.82, 2.24) is 10.3 Å². The molecule has 0 aliphatic rings. The minimum atomic E-state index is -0.220. The predicted octanol–water partition coefficient (Wildman–Crippen LogP) is 3.53. The van der Waals surface area contributed by atoms with E-state index in [1.54, 1.807) is 13.2 Å². The number of rotatable bonds is 6. The molecule has 0 unspecified atom stereocenters. The van der Waals surface area contributed by atoms with Gasteiger partial charge in [0.25, 0.3) is 5.91 Å². The average molecular weight is 310 g/mol.